The van der Waals surface area contributed by atoms with Crippen molar-refractivity contribution in [2.75, 3.05) is 17.8 Å². The summed E-state index contributed by atoms with van der Waals surface area (Å²) in [5.41, 5.74) is 0.883. The minimum atomic E-state index is -3.81. The van der Waals surface area contributed by atoms with Crippen LogP contribution in [0.3, 0.4) is 0 Å². The number of nitrogens with zero attached hydrogens (tertiary/aromatic N) is 1. The summed E-state index contributed by atoms with van der Waals surface area (Å²) in [7, 11) is -3.81. The predicted octanol–water partition coefficient (Wildman–Crippen LogP) is 3.89. The van der Waals surface area contributed by atoms with E-state index in [0.29, 0.717) is 23.7 Å². The van der Waals surface area contributed by atoms with Crippen molar-refractivity contribution in [2.45, 2.75) is 31.1 Å². The minimum Gasteiger partial charge on any atom is -0.338 e. The molecular weight excluding hydrogens is 367 g/mol. The molecule has 1 aliphatic rings. The number of carbonyl (C=O) groups excluding carboxylic acids is 1. The Morgan fingerprint density at radius 1 is 1.11 bits per heavy atom. The van der Waals surface area contributed by atoms with Gasteiger partial charge in [0.25, 0.3) is 15.9 Å². The van der Waals surface area contributed by atoms with Gasteiger partial charge in [-0.05, 0) is 73.7 Å². The first-order valence-corrected chi connectivity index (χ1v) is 10.5. The number of rotatable bonds is 8. The van der Waals surface area contributed by atoms with E-state index in [4.69, 9.17) is 0 Å². The summed E-state index contributed by atoms with van der Waals surface area (Å²) < 4.78 is 40.1. The fraction of sp³-hybridized carbons (Fsp3) is 0.350. The maximum atomic E-state index is 13.0. The molecule has 0 bridgehead atoms. The maximum Gasteiger partial charge on any atom is 0.261 e. The van der Waals surface area contributed by atoms with Gasteiger partial charge in [0, 0.05) is 24.3 Å². The number of sulfonamides is 1. The number of anilines is 1. The molecule has 1 amide bonds. The van der Waals surface area contributed by atoms with Crippen molar-refractivity contribution >= 4 is 21.6 Å². The molecule has 0 aliphatic heterocycles. The fourth-order valence-electron chi connectivity index (χ4n) is 2.85. The van der Waals surface area contributed by atoms with Crippen molar-refractivity contribution in [2.24, 2.45) is 5.92 Å². The Hall–Kier alpha value is -2.41. The predicted molar refractivity (Wildman–Crippen MR) is 103 cm³/mol. The van der Waals surface area contributed by atoms with Crippen LogP contribution in [0, 0.1) is 11.7 Å². The first-order chi connectivity index (χ1) is 12.9. The average Bonchev–Trinajstić information content (AvgIpc) is 3.46. The molecule has 2 aromatic carbocycles. The molecule has 3 rings (SSSR count). The minimum absolute atomic E-state index is 0.0254. The zero-order valence-corrected chi connectivity index (χ0v) is 16.0. The first-order valence-electron chi connectivity index (χ1n) is 9.07. The third kappa shape index (κ3) is 5.07. The molecule has 5 nitrogen and oxygen atoms in total. The summed E-state index contributed by atoms with van der Waals surface area (Å²) in [4.78, 5) is 14.5. The Bertz CT molecular complexity index is 892. The van der Waals surface area contributed by atoms with E-state index in [1.54, 1.807) is 24.3 Å². The molecule has 0 aromatic heterocycles. The van der Waals surface area contributed by atoms with E-state index in [-0.39, 0.29) is 10.8 Å². The Balaban J connectivity index is 1.70. The molecule has 0 heterocycles. The van der Waals surface area contributed by atoms with Gasteiger partial charge in [-0.2, -0.15) is 0 Å². The van der Waals surface area contributed by atoms with Crippen molar-refractivity contribution in [3.05, 3.63) is 59.9 Å². The summed E-state index contributed by atoms with van der Waals surface area (Å²) in [6.07, 6.45) is 3.25. The summed E-state index contributed by atoms with van der Waals surface area (Å²) in [6, 6.07) is 11.0. The quantitative estimate of drug-likeness (QED) is 0.744. The summed E-state index contributed by atoms with van der Waals surface area (Å²) in [5, 5.41) is 0. The van der Waals surface area contributed by atoms with Crippen LogP contribution in [0.15, 0.2) is 53.4 Å². The third-order valence-corrected chi connectivity index (χ3v) is 5.86. The van der Waals surface area contributed by atoms with E-state index in [2.05, 4.69) is 4.72 Å². The van der Waals surface area contributed by atoms with Crippen LogP contribution in [0.4, 0.5) is 10.1 Å². The molecule has 144 valence electrons. The number of benzene rings is 2. The Morgan fingerprint density at radius 2 is 1.74 bits per heavy atom. The van der Waals surface area contributed by atoms with Crippen LogP contribution in [0.25, 0.3) is 0 Å². The SMILES string of the molecule is CCCN(CC1CC1)C(=O)c1ccc(NS(=O)(=O)c2ccc(F)cc2)cc1. The molecule has 0 saturated heterocycles. The standard InChI is InChI=1S/C20H23FN2O3S/c1-2-13-23(14-15-3-4-15)20(24)16-5-9-18(10-6-16)22-27(25,26)19-11-7-17(21)8-12-19/h5-12,15,22H,2-4,13-14H2,1H3. The summed E-state index contributed by atoms with van der Waals surface area (Å²) >= 11 is 0. The van der Waals surface area contributed by atoms with Gasteiger partial charge in [-0.25, -0.2) is 12.8 Å². The number of hydrogen-bond acceptors (Lipinski definition) is 3. The molecular formula is C20H23FN2O3S. The lowest BCUT2D eigenvalue weighted by atomic mass is 10.1. The summed E-state index contributed by atoms with van der Waals surface area (Å²) in [6.45, 7) is 3.54. The number of nitrogens with one attached hydrogen (secondary N) is 1. The van der Waals surface area contributed by atoms with Gasteiger partial charge in [0.15, 0.2) is 0 Å². The lowest BCUT2D eigenvalue weighted by Crippen LogP contribution is -2.33. The second kappa shape index (κ2) is 8.08. The van der Waals surface area contributed by atoms with Gasteiger partial charge in [-0.3, -0.25) is 9.52 Å². The highest BCUT2D eigenvalue weighted by molar-refractivity contribution is 7.92. The van der Waals surface area contributed by atoms with Crippen molar-refractivity contribution in [1.29, 1.82) is 0 Å². The van der Waals surface area contributed by atoms with Gasteiger partial charge in [-0.15, -0.1) is 0 Å². The van der Waals surface area contributed by atoms with E-state index >= 15 is 0 Å². The molecule has 1 fully saturated rings. The second-order valence-electron chi connectivity index (χ2n) is 6.83. The van der Waals surface area contributed by atoms with Crippen molar-refractivity contribution in [1.82, 2.24) is 4.90 Å². The topological polar surface area (TPSA) is 66.5 Å². The normalized spacial score (nSPS) is 14.0. The second-order valence-corrected chi connectivity index (χ2v) is 8.51. The molecule has 1 N–H and O–H groups in total. The van der Waals surface area contributed by atoms with Gasteiger partial charge in [-0.1, -0.05) is 6.92 Å². The zero-order valence-electron chi connectivity index (χ0n) is 15.2. The van der Waals surface area contributed by atoms with Crippen molar-refractivity contribution in [3.8, 4) is 0 Å². The van der Waals surface area contributed by atoms with Crippen LogP contribution < -0.4 is 4.72 Å². The molecule has 0 unspecified atom stereocenters. The molecule has 0 radical (unpaired) electrons. The number of hydrogen-bond donors (Lipinski definition) is 1. The van der Waals surface area contributed by atoms with Gasteiger partial charge in [0.1, 0.15) is 5.82 Å². The molecule has 0 atom stereocenters. The lowest BCUT2D eigenvalue weighted by molar-refractivity contribution is 0.0747. The molecule has 1 saturated carbocycles. The third-order valence-electron chi connectivity index (χ3n) is 4.46. The van der Waals surface area contributed by atoms with E-state index in [1.807, 2.05) is 11.8 Å². The zero-order chi connectivity index (χ0) is 19.4. The van der Waals surface area contributed by atoms with Crippen LogP contribution >= 0.6 is 0 Å². The molecule has 27 heavy (non-hydrogen) atoms. The van der Waals surface area contributed by atoms with Crippen LogP contribution in [0.5, 0.6) is 0 Å². The monoisotopic (exact) mass is 390 g/mol. The van der Waals surface area contributed by atoms with Crippen LogP contribution in [0.1, 0.15) is 36.5 Å². The Morgan fingerprint density at radius 3 is 2.30 bits per heavy atom. The molecule has 0 spiro atoms. The number of halogens is 1. The van der Waals surface area contributed by atoms with Crippen LogP contribution in [0.2, 0.25) is 0 Å². The van der Waals surface area contributed by atoms with Gasteiger partial charge in [0.05, 0.1) is 4.90 Å². The van der Waals surface area contributed by atoms with Gasteiger partial charge in [0.2, 0.25) is 0 Å². The molecule has 7 heteroatoms. The Labute approximate surface area is 159 Å². The highest BCUT2D eigenvalue weighted by Gasteiger charge is 2.26. The van der Waals surface area contributed by atoms with E-state index in [0.717, 1.165) is 25.1 Å². The highest BCUT2D eigenvalue weighted by atomic mass is 32.2. The van der Waals surface area contributed by atoms with E-state index in [1.165, 1.54) is 25.0 Å². The number of amides is 1. The largest absolute Gasteiger partial charge is 0.338 e. The molecule has 1 aliphatic carbocycles. The Kier molecular flexibility index (Phi) is 5.79. The van der Waals surface area contributed by atoms with Gasteiger partial charge < -0.3 is 4.90 Å². The van der Waals surface area contributed by atoms with E-state index < -0.39 is 15.8 Å². The highest BCUT2D eigenvalue weighted by Crippen LogP contribution is 2.30. The van der Waals surface area contributed by atoms with E-state index in [9.17, 15) is 17.6 Å². The number of carbonyl (C=O) groups is 1. The lowest BCUT2D eigenvalue weighted by Gasteiger charge is -2.22. The first kappa shape index (κ1) is 19.4. The van der Waals surface area contributed by atoms with Crippen molar-refractivity contribution in [3.63, 3.8) is 0 Å². The van der Waals surface area contributed by atoms with Gasteiger partial charge >= 0.3 is 0 Å². The fourth-order valence-corrected chi connectivity index (χ4v) is 3.91. The van der Waals surface area contributed by atoms with Crippen molar-refractivity contribution < 1.29 is 17.6 Å². The smallest absolute Gasteiger partial charge is 0.261 e. The molecule has 2 aromatic rings. The van der Waals surface area contributed by atoms with Crippen LogP contribution in [-0.2, 0) is 10.0 Å². The summed E-state index contributed by atoms with van der Waals surface area (Å²) in [5.74, 6) is 0.0821. The average molecular weight is 390 g/mol. The van der Waals surface area contributed by atoms with Crippen LogP contribution in [-0.4, -0.2) is 32.3 Å². The maximum absolute atomic E-state index is 13.0.